The smallest absolute Gasteiger partial charge is 0.147 e. The van der Waals surface area contributed by atoms with E-state index in [0.29, 0.717) is 0 Å². The second-order valence-corrected chi connectivity index (χ2v) is 6.80. The van der Waals surface area contributed by atoms with E-state index in [1.807, 2.05) is 6.20 Å². The van der Waals surface area contributed by atoms with Crippen LogP contribution in [0.25, 0.3) is 0 Å². The van der Waals surface area contributed by atoms with Gasteiger partial charge in [-0.1, -0.05) is 18.2 Å². The summed E-state index contributed by atoms with van der Waals surface area (Å²) < 4.78 is 0. The summed E-state index contributed by atoms with van der Waals surface area (Å²) in [6.07, 6.45) is 8.02. The van der Waals surface area contributed by atoms with Crippen LogP contribution in [0.4, 0.5) is 23.1 Å². The van der Waals surface area contributed by atoms with E-state index in [1.165, 1.54) is 11.3 Å². The van der Waals surface area contributed by atoms with Crippen molar-refractivity contribution in [3.63, 3.8) is 0 Å². The summed E-state index contributed by atoms with van der Waals surface area (Å²) in [7, 11) is 0. The molecule has 0 unspecified atom stereocenters. The number of nitrogens with zero attached hydrogens (tertiary/aromatic N) is 7. The van der Waals surface area contributed by atoms with Gasteiger partial charge in [0.1, 0.15) is 23.8 Å². The van der Waals surface area contributed by atoms with Gasteiger partial charge in [-0.3, -0.25) is 4.98 Å². The molecule has 2 aliphatic heterocycles. The van der Waals surface area contributed by atoms with Gasteiger partial charge < -0.3 is 14.7 Å². The standard InChI is InChI=1S/C20H21N7/c1-2-4-17-16(3-1)5-8-27(17)19-13-18(23-15-24-19)25-9-11-26(12-10-25)20-14-21-6-7-22-20/h1-4,6-7,13-15H,5,8-12H2. The van der Waals surface area contributed by atoms with Crippen molar-refractivity contribution in [2.24, 2.45) is 0 Å². The Hall–Kier alpha value is -3.22. The SMILES string of the molecule is c1ccc2c(c1)CCN2c1cc(N2CCN(c3cnccn3)CC2)ncn1. The van der Waals surface area contributed by atoms with Crippen molar-refractivity contribution in [1.82, 2.24) is 19.9 Å². The van der Waals surface area contributed by atoms with Gasteiger partial charge in [-0.2, -0.15) is 0 Å². The van der Waals surface area contributed by atoms with Gasteiger partial charge in [0.05, 0.1) is 6.20 Å². The van der Waals surface area contributed by atoms with Crippen molar-refractivity contribution in [3.05, 3.63) is 60.8 Å². The molecule has 7 heteroatoms. The van der Waals surface area contributed by atoms with E-state index in [9.17, 15) is 0 Å². The van der Waals surface area contributed by atoms with Gasteiger partial charge in [-0.15, -0.1) is 0 Å². The van der Waals surface area contributed by atoms with Crippen LogP contribution >= 0.6 is 0 Å². The number of para-hydroxylation sites is 1. The van der Waals surface area contributed by atoms with Crippen LogP contribution in [-0.2, 0) is 6.42 Å². The highest BCUT2D eigenvalue weighted by molar-refractivity contribution is 5.69. The average Bonchev–Trinajstić information content (AvgIpc) is 3.19. The summed E-state index contributed by atoms with van der Waals surface area (Å²) in [5, 5.41) is 0. The maximum atomic E-state index is 4.54. The predicted molar refractivity (Wildman–Crippen MR) is 106 cm³/mol. The van der Waals surface area contributed by atoms with Gasteiger partial charge in [-0.05, 0) is 18.1 Å². The lowest BCUT2D eigenvalue weighted by Crippen LogP contribution is -2.47. The van der Waals surface area contributed by atoms with Crippen LogP contribution in [0.5, 0.6) is 0 Å². The summed E-state index contributed by atoms with van der Waals surface area (Å²) >= 11 is 0. The van der Waals surface area contributed by atoms with Gasteiger partial charge in [0.15, 0.2) is 0 Å². The zero-order valence-corrected chi connectivity index (χ0v) is 15.1. The number of fused-ring (bicyclic) bond motifs is 1. The van der Waals surface area contributed by atoms with Crippen LogP contribution in [0.3, 0.4) is 0 Å². The lowest BCUT2D eigenvalue weighted by molar-refractivity contribution is 0.640. The molecule has 1 saturated heterocycles. The molecule has 0 N–H and O–H groups in total. The average molecular weight is 359 g/mol. The molecule has 0 saturated carbocycles. The Balaban J connectivity index is 1.32. The van der Waals surface area contributed by atoms with Crippen molar-refractivity contribution in [2.45, 2.75) is 6.42 Å². The van der Waals surface area contributed by atoms with Gasteiger partial charge in [0.2, 0.25) is 0 Å². The molecular weight excluding hydrogens is 338 g/mol. The van der Waals surface area contributed by atoms with Crippen LogP contribution in [0, 0.1) is 0 Å². The maximum absolute atomic E-state index is 4.54. The minimum absolute atomic E-state index is 0.906. The fourth-order valence-corrected chi connectivity index (χ4v) is 3.85. The summed E-state index contributed by atoms with van der Waals surface area (Å²) in [6, 6.07) is 10.7. The first-order valence-corrected chi connectivity index (χ1v) is 9.32. The summed E-state index contributed by atoms with van der Waals surface area (Å²) in [4.78, 5) is 24.5. The molecule has 3 aromatic rings. The molecular formula is C20H21N7. The predicted octanol–water partition coefficient (Wildman–Crippen LogP) is 2.29. The lowest BCUT2D eigenvalue weighted by Gasteiger charge is -2.36. The lowest BCUT2D eigenvalue weighted by atomic mass is 10.2. The van der Waals surface area contributed by atoms with Gasteiger partial charge in [0, 0.05) is 56.9 Å². The van der Waals surface area contributed by atoms with E-state index >= 15 is 0 Å². The Bertz CT molecular complexity index is 922. The topological polar surface area (TPSA) is 61.3 Å². The van der Waals surface area contributed by atoms with E-state index in [-0.39, 0.29) is 0 Å². The molecule has 5 rings (SSSR count). The van der Waals surface area contributed by atoms with Crippen LogP contribution < -0.4 is 14.7 Å². The Kier molecular flexibility index (Phi) is 4.04. The Morgan fingerprint density at radius 2 is 1.52 bits per heavy atom. The fraction of sp³-hybridized carbons (Fsp3) is 0.300. The molecule has 1 fully saturated rings. The van der Waals surface area contributed by atoms with E-state index in [0.717, 1.165) is 56.6 Å². The maximum Gasteiger partial charge on any atom is 0.147 e. The highest BCUT2D eigenvalue weighted by atomic mass is 15.3. The fourth-order valence-electron chi connectivity index (χ4n) is 3.85. The normalized spacial score (nSPS) is 16.5. The summed E-state index contributed by atoms with van der Waals surface area (Å²) in [5.41, 5.74) is 2.64. The molecule has 0 amide bonds. The monoisotopic (exact) mass is 359 g/mol. The van der Waals surface area contributed by atoms with Crippen LogP contribution in [-0.4, -0.2) is 52.7 Å². The highest BCUT2D eigenvalue weighted by Gasteiger charge is 2.23. The minimum atomic E-state index is 0.906. The van der Waals surface area contributed by atoms with Crippen molar-refractivity contribution in [1.29, 1.82) is 0 Å². The first-order chi connectivity index (χ1) is 13.4. The largest absolute Gasteiger partial charge is 0.353 e. The molecule has 136 valence electrons. The highest BCUT2D eigenvalue weighted by Crippen LogP contribution is 2.34. The first-order valence-electron chi connectivity index (χ1n) is 9.32. The Morgan fingerprint density at radius 3 is 2.33 bits per heavy atom. The van der Waals surface area contributed by atoms with Gasteiger partial charge in [0.25, 0.3) is 0 Å². The van der Waals surface area contributed by atoms with Crippen molar-refractivity contribution in [2.75, 3.05) is 47.4 Å². The third-order valence-electron chi connectivity index (χ3n) is 5.28. The quantitative estimate of drug-likeness (QED) is 0.711. The molecule has 0 aliphatic carbocycles. The molecule has 7 nitrogen and oxygen atoms in total. The van der Waals surface area contributed by atoms with Gasteiger partial charge in [-0.25, -0.2) is 15.0 Å². The van der Waals surface area contributed by atoms with Crippen molar-refractivity contribution < 1.29 is 0 Å². The number of benzene rings is 1. The molecule has 27 heavy (non-hydrogen) atoms. The van der Waals surface area contributed by atoms with E-state index in [2.05, 4.69) is 65.0 Å². The summed E-state index contributed by atoms with van der Waals surface area (Å²) in [6.45, 7) is 4.60. The molecule has 2 aliphatic rings. The molecule has 0 radical (unpaired) electrons. The minimum Gasteiger partial charge on any atom is -0.353 e. The third kappa shape index (κ3) is 3.05. The molecule has 1 aromatic carbocycles. The van der Waals surface area contributed by atoms with E-state index < -0.39 is 0 Å². The Morgan fingerprint density at radius 1 is 0.741 bits per heavy atom. The summed E-state index contributed by atoms with van der Waals surface area (Å²) in [5.74, 6) is 2.90. The molecule has 4 heterocycles. The van der Waals surface area contributed by atoms with Crippen molar-refractivity contribution >= 4 is 23.1 Å². The third-order valence-corrected chi connectivity index (χ3v) is 5.28. The van der Waals surface area contributed by atoms with Crippen LogP contribution in [0.2, 0.25) is 0 Å². The number of hydrogen-bond donors (Lipinski definition) is 0. The number of aromatic nitrogens is 4. The number of piperazine rings is 1. The molecule has 0 atom stereocenters. The van der Waals surface area contributed by atoms with Crippen LogP contribution in [0.15, 0.2) is 55.2 Å². The first kappa shape index (κ1) is 16.0. The van der Waals surface area contributed by atoms with Crippen molar-refractivity contribution in [3.8, 4) is 0 Å². The number of rotatable bonds is 3. The second kappa shape index (κ2) is 6.83. The number of hydrogen-bond acceptors (Lipinski definition) is 7. The van der Waals surface area contributed by atoms with E-state index in [1.54, 1.807) is 18.7 Å². The molecule has 0 spiro atoms. The molecule has 2 aromatic heterocycles. The van der Waals surface area contributed by atoms with Gasteiger partial charge >= 0.3 is 0 Å². The van der Waals surface area contributed by atoms with Crippen LogP contribution in [0.1, 0.15) is 5.56 Å². The Labute approximate surface area is 158 Å². The zero-order chi connectivity index (χ0) is 18.1. The second-order valence-electron chi connectivity index (χ2n) is 6.80. The number of anilines is 4. The van der Waals surface area contributed by atoms with E-state index in [4.69, 9.17) is 0 Å². The zero-order valence-electron chi connectivity index (χ0n) is 15.1. The molecule has 0 bridgehead atoms.